The molecular formula is C15H14ClNO3. The van der Waals surface area contributed by atoms with Gasteiger partial charge in [-0.15, -0.1) is 11.6 Å². The van der Waals surface area contributed by atoms with Crippen molar-refractivity contribution in [1.82, 2.24) is 4.98 Å². The number of hydrogen-bond donors (Lipinski definition) is 1. The molecule has 0 saturated heterocycles. The van der Waals surface area contributed by atoms with Crippen LogP contribution in [0.15, 0.2) is 31.8 Å². The van der Waals surface area contributed by atoms with Crippen molar-refractivity contribution in [3.8, 4) is 0 Å². The van der Waals surface area contributed by atoms with Crippen LogP contribution < -0.4 is 5.76 Å². The van der Waals surface area contributed by atoms with Gasteiger partial charge in [-0.05, 0) is 44.0 Å². The molecule has 5 heteroatoms. The second-order valence-corrected chi connectivity index (χ2v) is 5.32. The number of nitrogens with one attached hydrogen (secondary N) is 1. The Bertz CT molecular complexity index is 841. The highest BCUT2D eigenvalue weighted by Gasteiger charge is 2.21. The Kier molecular flexibility index (Phi) is 2.98. The fourth-order valence-corrected chi connectivity index (χ4v) is 2.92. The number of fused-ring (bicyclic) bond motifs is 1. The fourth-order valence-electron chi connectivity index (χ4n) is 2.47. The fraction of sp³-hybridized carbons (Fsp3) is 0.267. The largest absolute Gasteiger partial charge is 0.466 e. The van der Waals surface area contributed by atoms with E-state index in [0.29, 0.717) is 11.1 Å². The molecule has 1 N–H and O–H groups in total. The van der Waals surface area contributed by atoms with E-state index < -0.39 is 5.76 Å². The highest BCUT2D eigenvalue weighted by Crippen LogP contribution is 2.36. The molecule has 104 valence electrons. The molecule has 0 bridgehead atoms. The molecule has 0 aliphatic carbocycles. The molecule has 0 amide bonds. The van der Waals surface area contributed by atoms with Crippen molar-refractivity contribution >= 4 is 22.7 Å². The Morgan fingerprint density at radius 1 is 1.15 bits per heavy atom. The van der Waals surface area contributed by atoms with E-state index in [1.54, 1.807) is 12.1 Å². The Balaban J connectivity index is 2.11. The first kappa shape index (κ1) is 13.1. The third-order valence-electron chi connectivity index (χ3n) is 3.61. The Morgan fingerprint density at radius 2 is 1.90 bits per heavy atom. The third kappa shape index (κ3) is 1.96. The summed E-state index contributed by atoms with van der Waals surface area (Å²) in [6, 6.07) is 5.46. The molecule has 4 nitrogen and oxygen atoms in total. The zero-order valence-electron chi connectivity index (χ0n) is 11.4. The van der Waals surface area contributed by atoms with Crippen LogP contribution in [0.25, 0.3) is 11.1 Å². The standard InChI is InChI=1S/C15H14ClNO3/c1-7-8(2)19-9(3)13(7)14(16)10-4-5-11-12(6-10)20-15(18)17-11/h4-6,14H,1-3H3,(H,17,18). The van der Waals surface area contributed by atoms with Gasteiger partial charge in [0.05, 0.1) is 10.9 Å². The van der Waals surface area contributed by atoms with Gasteiger partial charge in [0.25, 0.3) is 0 Å². The lowest BCUT2D eigenvalue weighted by Crippen LogP contribution is -1.96. The number of benzene rings is 1. The lowest BCUT2D eigenvalue weighted by molar-refractivity contribution is 0.500. The van der Waals surface area contributed by atoms with Crippen molar-refractivity contribution in [3.05, 3.63) is 57.0 Å². The van der Waals surface area contributed by atoms with Gasteiger partial charge >= 0.3 is 5.76 Å². The van der Waals surface area contributed by atoms with Gasteiger partial charge in [0.1, 0.15) is 11.5 Å². The zero-order valence-corrected chi connectivity index (χ0v) is 12.2. The molecule has 3 aromatic rings. The van der Waals surface area contributed by atoms with E-state index in [1.165, 1.54) is 0 Å². The first-order valence-corrected chi connectivity index (χ1v) is 6.74. The molecule has 2 heterocycles. The van der Waals surface area contributed by atoms with Crippen LogP contribution in [0.2, 0.25) is 0 Å². The van der Waals surface area contributed by atoms with Crippen LogP contribution >= 0.6 is 11.6 Å². The lowest BCUT2D eigenvalue weighted by atomic mass is 10.0. The number of furan rings is 1. The van der Waals surface area contributed by atoms with Gasteiger partial charge < -0.3 is 8.83 Å². The molecule has 1 atom stereocenters. The number of oxazole rings is 1. The van der Waals surface area contributed by atoms with Crippen molar-refractivity contribution in [2.75, 3.05) is 0 Å². The molecule has 2 aromatic heterocycles. The van der Waals surface area contributed by atoms with Gasteiger partial charge in [-0.1, -0.05) is 6.07 Å². The van der Waals surface area contributed by atoms with Crippen LogP contribution in [-0.4, -0.2) is 4.98 Å². The monoisotopic (exact) mass is 291 g/mol. The Morgan fingerprint density at radius 3 is 2.55 bits per heavy atom. The normalized spacial score (nSPS) is 13.0. The summed E-state index contributed by atoms with van der Waals surface area (Å²) in [5.41, 5.74) is 4.07. The number of H-pyrrole nitrogens is 1. The number of hydrogen-bond acceptors (Lipinski definition) is 3. The molecule has 0 fully saturated rings. The summed E-state index contributed by atoms with van der Waals surface area (Å²) >= 11 is 6.57. The van der Waals surface area contributed by atoms with Crippen molar-refractivity contribution in [1.29, 1.82) is 0 Å². The summed E-state index contributed by atoms with van der Waals surface area (Å²) in [7, 11) is 0. The number of alkyl halides is 1. The minimum Gasteiger partial charge on any atom is -0.466 e. The molecule has 0 spiro atoms. The second-order valence-electron chi connectivity index (χ2n) is 4.89. The quantitative estimate of drug-likeness (QED) is 0.727. The highest BCUT2D eigenvalue weighted by molar-refractivity contribution is 6.23. The molecule has 20 heavy (non-hydrogen) atoms. The van der Waals surface area contributed by atoms with Crippen molar-refractivity contribution in [3.63, 3.8) is 0 Å². The van der Waals surface area contributed by atoms with E-state index in [2.05, 4.69) is 4.98 Å². The van der Waals surface area contributed by atoms with Crippen molar-refractivity contribution < 1.29 is 8.83 Å². The van der Waals surface area contributed by atoms with Gasteiger partial charge in [-0.2, -0.15) is 0 Å². The highest BCUT2D eigenvalue weighted by atomic mass is 35.5. The van der Waals surface area contributed by atoms with E-state index in [4.69, 9.17) is 20.4 Å². The van der Waals surface area contributed by atoms with Gasteiger partial charge in [0.2, 0.25) is 0 Å². The van der Waals surface area contributed by atoms with Crippen LogP contribution in [-0.2, 0) is 0 Å². The van der Waals surface area contributed by atoms with Crippen molar-refractivity contribution in [2.45, 2.75) is 26.1 Å². The number of aromatic amines is 1. The van der Waals surface area contributed by atoms with E-state index in [9.17, 15) is 4.79 Å². The summed E-state index contributed by atoms with van der Waals surface area (Å²) < 4.78 is 10.7. The van der Waals surface area contributed by atoms with E-state index >= 15 is 0 Å². The summed E-state index contributed by atoms with van der Waals surface area (Å²) in [5, 5.41) is -0.336. The van der Waals surface area contributed by atoms with Crippen LogP contribution in [0.1, 0.15) is 33.6 Å². The minimum atomic E-state index is -0.463. The van der Waals surface area contributed by atoms with Crippen LogP contribution in [0.4, 0.5) is 0 Å². The molecule has 0 radical (unpaired) electrons. The summed E-state index contributed by atoms with van der Waals surface area (Å²) in [4.78, 5) is 13.8. The van der Waals surface area contributed by atoms with Gasteiger partial charge in [0, 0.05) is 5.56 Å². The third-order valence-corrected chi connectivity index (χ3v) is 4.08. The molecule has 0 saturated carbocycles. The van der Waals surface area contributed by atoms with Gasteiger partial charge in [-0.3, -0.25) is 4.98 Å². The van der Waals surface area contributed by atoms with Crippen molar-refractivity contribution in [2.24, 2.45) is 0 Å². The summed E-state index contributed by atoms with van der Waals surface area (Å²) in [5.74, 6) is 1.22. The maximum Gasteiger partial charge on any atom is 0.417 e. The Hall–Kier alpha value is -1.94. The number of aromatic nitrogens is 1. The smallest absolute Gasteiger partial charge is 0.417 e. The van der Waals surface area contributed by atoms with Crippen LogP contribution in [0, 0.1) is 20.8 Å². The second kappa shape index (κ2) is 4.56. The lowest BCUT2D eigenvalue weighted by Gasteiger charge is -2.10. The maximum atomic E-state index is 11.2. The number of halogens is 1. The van der Waals surface area contributed by atoms with E-state index in [0.717, 1.165) is 28.2 Å². The topological polar surface area (TPSA) is 59.1 Å². The predicted octanol–water partition coefficient (Wildman–Crippen LogP) is 3.97. The molecule has 1 aromatic carbocycles. The summed E-state index contributed by atoms with van der Waals surface area (Å²) in [6.07, 6.45) is 0. The predicted molar refractivity (Wildman–Crippen MR) is 77.4 cm³/mol. The summed E-state index contributed by atoms with van der Waals surface area (Å²) in [6.45, 7) is 5.81. The first-order valence-electron chi connectivity index (χ1n) is 6.30. The van der Waals surface area contributed by atoms with Gasteiger partial charge in [-0.25, -0.2) is 4.79 Å². The molecule has 3 rings (SSSR count). The molecule has 1 unspecified atom stereocenters. The number of rotatable bonds is 2. The van der Waals surface area contributed by atoms with Crippen LogP contribution in [0.5, 0.6) is 0 Å². The average molecular weight is 292 g/mol. The molecule has 0 aliphatic rings. The average Bonchev–Trinajstić information content (AvgIpc) is 2.87. The maximum absolute atomic E-state index is 11.2. The van der Waals surface area contributed by atoms with Crippen LogP contribution in [0.3, 0.4) is 0 Å². The zero-order chi connectivity index (χ0) is 14.4. The SMILES string of the molecule is Cc1oc(C)c(C(Cl)c2ccc3[nH]c(=O)oc3c2)c1C. The molecular weight excluding hydrogens is 278 g/mol. The first-order chi connectivity index (χ1) is 9.47. The molecule has 0 aliphatic heterocycles. The van der Waals surface area contributed by atoms with Gasteiger partial charge in [0.15, 0.2) is 5.58 Å². The van der Waals surface area contributed by atoms with E-state index in [-0.39, 0.29) is 5.38 Å². The number of aryl methyl sites for hydroxylation is 2. The Labute approximate surface area is 120 Å². The minimum absolute atomic E-state index is 0.336. The van der Waals surface area contributed by atoms with E-state index in [1.807, 2.05) is 26.8 Å².